The minimum Gasteiger partial charge on any atom is -0.300 e. The summed E-state index contributed by atoms with van der Waals surface area (Å²) in [5, 5.41) is 0. The second-order valence-electron chi connectivity index (χ2n) is 5.80. The van der Waals surface area contributed by atoms with Crippen LogP contribution in [0.15, 0.2) is 0 Å². The Hall–Kier alpha value is -0.330. The van der Waals surface area contributed by atoms with Gasteiger partial charge < -0.3 is 0 Å². The zero-order valence-electron chi connectivity index (χ0n) is 13.0. The van der Waals surface area contributed by atoms with Crippen molar-refractivity contribution in [3.63, 3.8) is 0 Å². The average Bonchev–Trinajstić information content (AvgIpc) is 2.16. The lowest BCUT2D eigenvalue weighted by Gasteiger charge is -2.05. The van der Waals surface area contributed by atoms with E-state index in [0.717, 1.165) is 12.8 Å². The lowest BCUT2D eigenvalue weighted by Crippen LogP contribution is -2.05. The molecule has 0 rings (SSSR count). The van der Waals surface area contributed by atoms with Gasteiger partial charge in [0, 0.05) is 12.8 Å². The van der Waals surface area contributed by atoms with Gasteiger partial charge in [0.15, 0.2) is 0 Å². The lowest BCUT2D eigenvalue weighted by molar-refractivity contribution is -0.120. The number of hydrogen-bond donors (Lipinski definition) is 0. The van der Waals surface area contributed by atoms with Gasteiger partial charge in [-0.2, -0.15) is 0 Å². The largest absolute Gasteiger partial charge is 0.300 e. The zero-order valence-corrected chi connectivity index (χ0v) is 13.0. The second kappa shape index (κ2) is 13.7. The summed E-state index contributed by atoms with van der Waals surface area (Å²) in [5.41, 5.74) is 0. The fraction of sp³-hybridized carbons (Fsp3) is 0.938. The van der Waals surface area contributed by atoms with Gasteiger partial charge >= 0.3 is 0 Å². The van der Waals surface area contributed by atoms with Crippen LogP contribution in [0.25, 0.3) is 0 Å². The smallest absolute Gasteiger partial charge is 0.133 e. The molecule has 0 aliphatic heterocycles. The summed E-state index contributed by atoms with van der Waals surface area (Å²) in [6, 6.07) is 0. The number of ketones is 1. The van der Waals surface area contributed by atoms with Crippen LogP contribution in [-0.4, -0.2) is 5.78 Å². The third-order valence-electron chi connectivity index (χ3n) is 2.48. The van der Waals surface area contributed by atoms with Gasteiger partial charge in [-0.3, -0.25) is 4.79 Å². The van der Waals surface area contributed by atoms with Crippen molar-refractivity contribution in [1.82, 2.24) is 0 Å². The SMILES string of the molecule is CC(C)CC(=O)CC(C)C.CCCCCCC. The molecule has 17 heavy (non-hydrogen) atoms. The van der Waals surface area contributed by atoms with Crippen molar-refractivity contribution in [3.05, 3.63) is 0 Å². The predicted molar refractivity (Wildman–Crippen MR) is 78.4 cm³/mol. The van der Waals surface area contributed by atoms with Crippen LogP contribution in [0.1, 0.15) is 86.5 Å². The summed E-state index contributed by atoms with van der Waals surface area (Å²) in [6.45, 7) is 12.8. The van der Waals surface area contributed by atoms with E-state index in [1.807, 2.05) is 0 Å². The van der Waals surface area contributed by atoms with Crippen molar-refractivity contribution < 1.29 is 4.79 Å². The molecule has 0 fully saturated rings. The standard InChI is InChI=1S/C9H18O.C7H16/c1-7(2)5-9(10)6-8(3)4;1-3-5-7-6-4-2/h7-8H,5-6H2,1-4H3;3-7H2,1-2H3. The first-order valence-electron chi connectivity index (χ1n) is 7.45. The molecule has 104 valence electrons. The summed E-state index contributed by atoms with van der Waals surface area (Å²) in [5.74, 6) is 1.45. The maximum Gasteiger partial charge on any atom is 0.133 e. The average molecular weight is 242 g/mol. The summed E-state index contributed by atoms with van der Waals surface area (Å²) in [7, 11) is 0. The predicted octanol–water partition coefficient (Wildman–Crippen LogP) is 5.62. The van der Waals surface area contributed by atoms with Gasteiger partial charge in [-0.25, -0.2) is 0 Å². The summed E-state index contributed by atoms with van der Waals surface area (Å²) in [6.07, 6.45) is 8.50. The Morgan fingerprint density at radius 3 is 1.35 bits per heavy atom. The molecule has 0 saturated heterocycles. The van der Waals surface area contributed by atoms with E-state index in [9.17, 15) is 4.79 Å². The van der Waals surface area contributed by atoms with Gasteiger partial charge in [0.25, 0.3) is 0 Å². The van der Waals surface area contributed by atoms with E-state index in [1.165, 1.54) is 32.1 Å². The van der Waals surface area contributed by atoms with Crippen molar-refractivity contribution in [3.8, 4) is 0 Å². The fourth-order valence-corrected chi connectivity index (χ4v) is 1.67. The molecule has 0 unspecified atom stereocenters. The molecule has 1 nitrogen and oxygen atoms in total. The summed E-state index contributed by atoms with van der Waals surface area (Å²) >= 11 is 0. The van der Waals surface area contributed by atoms with Gasteiger partial charge in [0.1, 0.15) is 5.78 Å². The van der Waals surface area contributed by atoms with E-state index >= 15 is 0 Å². The van der Waals surface area contributed by atoms with Gasteiger partial charge in [0.05, 0.1) is 0 Å². The number of rotatable bonds is 8. The van der Waals surface area contributed by atoms with Crippen LogP contribution in [-0.2, 0) is 4.79 Å². The maximum absolute atomic E-state index is 11.1. The highest BCUT2D eigenvalue weighted by molar-refractivity contribution is 5.78. The first-order valence-corrected chi connectivity index (χ1v) is 7.45. The zero-order chi connectivity index (χ0) is 13.7. The van der Waals surface area contributed by atoms with Crippen molar-refractivity contribution in [2.24, 2.45) is 11.8 Å². The van der Waals surface area contributed by atoms with Crippen LogP contribution in [0.4, 0.5) is 0 Å². The normalized spacial score (nSPS) is 10.4. The molecule has 0 N–H and O–H groups in total. The van der Waals surface area contributed by atoms with E-state index in [4.69, 9.17) is 0 Å². The van der Waals surface area contributed by atoms with Gasteiger partial charge in [-0.15, -0.1) is 0 Å². The molecule has 1 heteroatoms. The van der Waals surface area contributed by atoms with Gasteiger partial charge in [-0.1, -0.05) is 73.6 Å². The third-order valence-corrected chi connectivity index (χ3v) is 2.48. The fourth-order valence-electron chi connectivity index (χ4n) is 1.67. The van der Waals surface area contributed by atoms with Crippen molar-refractivity contribution in [2.45, 2.75) is 86.5 Å². The van der Waals surface area contributed by atoms with Crippen LogP contribution in [0, 0.1) is 11.8 Å². The Morgan fingerprint density at radius 1 is 0.765 bits per heavy atom. The van der Waals surface area contributed by atoms with E-state index < -0.39 is 0 Å². The molecule has 0 aliphatic rings. The molecule has 0 heterocycles. The molecular formula is C16H34O. The van der Waals surface area contributed by atoms with Crippen molar-refractivity contribution in [2.75, 3.05) is 0 Å². The molecule has 0 atom stereocenters. The number of unbranched alkanes of at least 4 members (excludes halogenated alkanes) is 4. The second-order valence-corrected chi connectivity index (χ2v) is 5.80. The molecule has 0 aromatic carbocycles. The molecule has 0 saturated carbocycles. The van der Waals surface area contributed by atoms with Crippen LogP contribution >= 0.6 is 0 Å². The molecule has 0 bridgehead atoms. The summed E-state index contributed by atoms with van der Waals surface area (Å²) in [4.78, 5) is 11.1. The van der Waals surface area contributed by atoms with Crippen LogP contribution in [0.5, 0.6) is 0 Å². The van der Waals surface area contributed by atoms with Gasteiger partial charge in [-0.05, 0) is 11.8 Å². The maximum atomic E-state index is 11.1. The lowest BCUT2D eigenvalue weighted by atomic mass is 10.00. The highest BCUT2D eigenvalue weighted by atomic mass is 16.1. The minimum absolute atomic E-state index is 0.407. The van der Waals surface area contributed by atoms with Crippen LogP contribution < -0.4 is 0 Å². The van der Waals surface area contributed by atoms with E-state index in [1.54, 1.807) is 0 Å². The van der Waals surface area contributed by atoms with E-state index in [2.05, 4.69) is 41.5 Å². The topological polar surface area (TPSA) is 17.1 Å². The Kier molecular flexibility index (Phi) is 15.4. The number of carbonyl (C=O) groups excluding carboxylic acids is 1. The van der Waals surface area contributed by atoms with Crippen molar-refractivity contribution in [1.29, 1.82) is 0 Å². The Bertz CT molecular complexity index is 143. The number of hydrogen-bond acceptors (Lipinski definition) is 1. The molecule has 0 amide bonds. The number of Topliss-reactive ketones (excluding diaryl/α,β-unsaturated/α-hetero) is 1. The van der Waals surface area contributed by atoms with E-state index in [-0.39, 0.29) is 0 Å². The molecule has 0 radical (unpaired) electrons. The quantitative estimate of drug-likeness (QED) is 0.504. The Balaban J connectivity index is 0. The van der Waals surface area contributed by atoms with Crippen LogP contribution in [0.3, 0.4) is 0 Å². The first kappa shape index (κ1) is 19.0. The Morgan fingerprint density at radius 2 is 1.12 bits per heavy atom. The Labute approximate surface area is 109 Å². The molecule has 0 aliphatic carbocycles. The third kappa shape index (κ3) is 21.5. The molecule has 0 aromatic rings. The minimum atomic E-state index is 0.407. The van der Waals surface area contributed by atoms with Crippen LogP contribution in [0.2, 0.25) is 0 Å². The highest BCUT2D eigenvalue weighted by Gasteiger charge is 2.06. The monoisotopic (exact) mass is 242 g/mol. The first-order chi connectivity index (χ1) is 7.93. The molecule has 0 spiro atoms. The summed E-state index contributed by atoms with van der Waals surface area (Å²) < 4.78 is 0. The highest BCUT2D eigenvalue weighted by Crippen LogP contribution is 2.07. The van der Waals surface area contributed by atoms with Gasteiger partial charge in [0.2, 0.25) is 0 Å². The van der Waals surface area contributed by atoms with Crippen molar-refractivity contribution >= 4 is 5.78 Å². The number of carbonyl (C=O) groups is 1. The molecular weight excluding hydrogens is 208 g/mol. The van der Waals surface area contributed by atoms with E-state index in [0.29, 0.717) is 17.6 Å². The molecule has 0 aromatic heterocycles.